The van der Waals surface area contributed by atoms with Crippen molar-refractivity contribution in [1.29, 1.82) is 0 Å². The van der Waals surface area contributed by atoms with Gasteiger partial charge < -0.3 is 19.5 Å². The molecule has 3 aromatic rings. The SMILES string of the molecule is COC(=O)c1ccc2nc(CN3c4ccncc4N4CCC3C4)[nH]c2c1. The number of carbonyl (C=O) groups excluding carboxylic acids is 1. The first-order valence-corrected chi connectivity index (χ1v) is 8.75. The third-order valence-corrected chi connectivity index (χ3v) is 5.30. The van der Waals surface area contributed by atoms with E-state index in [-0.39, 0.29) is 5.97 Å². The quantitative estimate of drug-likeness (QED) is 0.732. The van der Waals surface area contributed by atoms with Crippen LogP contribution < -0.4 is 9.80 Å². The van der Waals surface area contributed by atoms with Crippen LogP contribution in [0, 0.1) is 0 Å². The molecule has 7 heteroatoms. The molecule has 0 amide bonds. The third-order valence-electron chi connectivity index (χ3n) is 5.30. The molecule has 1 unspecified atom stereocenters. The van der Waals surface area contributed by atoms with Crippen LogP contribution in [0.3, 0.4) is 0 Å². The van der Waals surface area contributed by atoms with E-state index < -0.39 is 0 Å². The van der Waals surface area contributed by atoms with E-state index in [4.69, 9.17) is 9.72 Å². The van der Waals surface area contributed by atoms with E-state index in [2.05, 4.69) is 25.8 Å². The Balaban J connectivity index is 1.49. The van der Waals surface area contributed by atoms with Crippen molar-refractivity contribution < 1.29 is 9.53 Å². The normalized spacial score (nSPS) is 18.3. The number of benzene rings is 1. The lowest BCUT2D eigenvalue weighted by Crippen LogP contribution is -2.42. The first kappa shape index (κ1) is 15.2. The molecule has 26 heavy (non-hydrogen) atoms. The monoisotopic (exact) mass is 349 g/mol. The zero-order chi connectivity index (χ0) is 17.7. The van der Waals surface area contributed by atoms with Crippen LogP contribution >= 0.6 is 0 Å². The van der Waals surface area contributed by atoms with Crippen molar-refractivity contribution in [2.24, 2.45) is 0 Å². The average molecular weight is 349 g/mol. The number of pyridine rings is 1. The number of methoxy groups -OCH3 is 1. The Morgan fingerprint density at radius 2 is 2.27 bits per heavy atom. The molecule has 1 saturated heterocycles. The molecule has 0 aliphatic carbocycles. The van der Waals surface area contributed by atoms with Crippen LogP contribution in [0.1, 0.15) is 22.6 Å². The minimum absolute atomic E-state index is 0.341. The van der Waals surface area contributed by atoms with Crippen molar-refractivity contribution >= 4 is 28.4 Å². The maximum absolute atomic E-state index is 11.7. The number of aromatic nitrogens is 3. The number of esters is 1. The lowest BCUT2D eigenvalue weighted by molar-refractivity contribution is 0.0601. The Morgan fingerprint density at radius 3 is 3.15 bits per heavy atom. The highest BCUT2D eigenvalue weighted by Gasteiger charge is 2.36. The zero-order valence-corrected chi connectivity index (χ0v) is 14.5. The van der Waals surface area contributed by atoms with E-state index in [1.165, 1.54) is 18.5 Å². The largest absolute Gasteiger partial charge is 0.465 e. The number of imidazole rings is 1. The van der Waals surface area contributed by atoms with Gasteiger partial charge in [0.15, 0.2) is 0 Å². The highest BCUT2D eigenvalue weighted by atomic mass is 16.5. The first-order chi connectivity index (χ1) is 12.7. The number of rotatable bonds is 3. The number of ether oxygens (including phenoxy) is 1. The molecule has 0 spiro atoms. The summed E-state index contributed by atoms with van der Waals surface area (Å²) in [5.41, 5.74) is 4.64. The maximum Gasteiger partial charge on any atom is 0.337 e. The summed E-state index contributed by atoms with van der Waals surface area (Å²) in [6.07, 6.45) is 4.94. The van der Waals surface area contributed by atoms with Crippen molar-refractivity contribution in [2.45, 2.75) is 19.0 Å². The molecule has 2 aliphatic heterocycles. The van der Waals surface area contributed by atoms with E-state index in [9.17, 15) is 4.79 Å². The molecule has 1 N–H and O–H groups in total. The summed E-state index contributed by atoms with van der Waals surface area (Å²) >= 11 is 0. The Bertz CT molecular complexity index is 999. The molecule has 1 fully saturated rings. The number of aromatic amines is 1. The van der Waals surface area contributed by atoms with Gasteiger partial charge in [-0.25, -0.2) is 9.78 Å². The molecule has 1 aromatic carbocycles. The minimum Gasteiger partial charge on any atom is -0.465 e. The molecular formula is C19H19N5O2. The first-order valence-electron chi connectivity index (χ1n) is 8.75. The summed E-state index contributed by atoms with van der Waals surface area (Å²) in [7, 11) is 1.39. The zero-order valence-electron chi connectivity index (χ0n) is 14.5. The lowest BCUT2D eigenvalue weighted by atomic mass is 10.1. The summed E-state index contributed by atoms with van der Waals surface area (Å²) in [6, 6.07) is 7.97. The molecule has 0 radical (unpaired) electrons. The van der Waals surface area contributed by atoms with E-state index in [0.717, 1.165) is 36.4 Å². The van der Waals surface area contributed by atoms with Gasteiger partial charge >= 0.3 is 5.97 Å². The molecular weight excluding hydrogens is 330 g/mol. The Kier molecular flexibility index (Phi) is 3.34. The molecule has 2 aromatic heterocycles. The van der Waals surface area contributed by atoms with E-state index in [1.54, 1.807) is 12.1 Å². The fourth-order valence-electron chi connectivity index (χ4n) is 4.03. The summed E-state index contributed by atoms with van der Waals surface area (Å²) < 4.78 is 4.79. The number of nitrogens with one attached hydrogen (secondary N) is 1. The summed E-state index contributed by atoms with van der Waals surface area (Å²) in [6.45, 7) is 2.81. The van der Waals surface area contributed by atoms with Gasteiger partial charge in [-0.1, -0.05) is 0 Å². The standard InChI is InChI=1S/C19H19N5O2/c1-26-19(25)12-2-3-14-15(8-12)22-18(21-14)11-24-13-5-7-23(10-13)17-9-20-6-4-16(17)24/h2-4,6,8-9,13H,5,7,10-11H2,1H3,(H,21,22). The second kappa shape index (κ2) is 5.72. The second-order valence-electron chi connectivity index (χ2n) is 6.79. The summed E-state index contributed by atoms with van der Waals surface area (Å²) in [5.74, 6) is 0.552. The van der Waals surface area contributed by atoms with Crippen LogP contribution in [0.25, 0.3) is 11.0 Å². The fraction of sp³-hybridized carbons (Fsp3) is 0.316. The van der Waals surface area contributed by atoms with Crippen LogP contribution in [-0.4, -0.2) is 47.2 Å². The topological polar surface area (TPSA) is 74.3 Å². The third kappa shape index (κ3) is 2.31. The number of fused-ring (bicyclic) bond motifs is 5. The van der Waals surface area contributed by atoms with Gasteiger partial charge in [-0.15, -0.1) is 0 Å². The minimum atomic E-state index is -0.341. The van der Waals surface area contributed by atoms with Gasteiger partial charge in [-0.3, -0.25) is 4.98 Å². The van der Waals surface area contributed by atoms with Crippen LogP contribution in [0.4, 0.5) is 11.4 Å². The molecule has 4 heterocycles. The predicted octanol–water partition coefficient (Wildman–Crippen LogP) is 2.34. The number of carbonyl (C=O) groups is 1. The van der Waals surface area contributed by atoms with Gasteiger partial charge in [-0.2, -0.15) is 0 Å². The second-order valence-corrected chi connectivity index (χ2v) is 6.79. The molecule has 2 aliphatic rings. The van der Waals surface area contributed by atoms with Gasteiger partial charge in [0, 0.05) is 25.3 Å². The van der Waals surface area contributed by atoms with Gasteiger partial charge in [0.1, 0.15) is 5.82 Å². The molecule has 2 bridgehead atoms. The lowest BCUT2D eigenvalue weighted by Gasteiger charge is -2.37. The van der Waals surface area contributed by atoms with Crippen molar-refractivity contribution in [1.82, 2.24) is 15.0 Å². The van der Waals surface area contributed by atoms with E-state index in [0.29, 0.717) is 18.2 Å². The highest BCUT2D eigenvalue weighted by molar-refractivity contribution is 5.93. The van der Waals surface area contributed by atoms with Gasteiger partial charge in [-0.05, 0) is 30.7 Å². The van der Waals surface area contributed by atoms with Gasteiger partial charge in [0.25, 0.3) is 0 Å². The Hall–Kier alpha value is -3.09. The predicted molar refractivity (Wildman–Crippen MR) is 98.5 cm³/mol. The molecule has 5 rings (SSSR count). The average Bonchev–Trinajstić information content (AvgIpc) is 3.28. The van der Waals surface area contributed by atoms with Crippen LogP contribution in [0.2, 0.25) is 0 Å². The number of nitrogens with zero attached hydrogens (tertiary/aromatic N) is 4. The summed E-state index contributed by atoms with van der Waals surface area (Å²) in [4.78, 5) is 28.9. The van der Waals surface area contributed by atoms with Gasteiger partial charge in [0.2, 0.25) is 0 Å². The number of hydrogen-bond acceptors (Lipinski definition) is 6. The van der Waals surface area contributed by atoms with Crippen molar-refractivity contribution in [3.63, 3.8) is 0 Å². The van der Waals surface area contributed by atoms with E-state index >= 15 is 0 Å². The smallest absolute Gasteiger partial charge is 0.337 e. The van der Waals surface area contributed by atoms with Crippen LogP contribution in [-0.2, 0) is 11.3 Å². The molecule has 132 valence electrons. The molecule has 0 saturated carbocycles. The van der Waals surface area contributed by atoms with Crippen LogP contribution in [0.5, 0.6) is 0 Å². The van der Waals surface area contributed by atoms with Crippen molar-refractivity contribution in [2.75, 3.05) is 30.0 Å². The maximum atomic E-state index is 11.7. The van der Waals surface area contributed by atoms with E-state index in [1.807, 2.05) is 18.5 Å². The van der Waals surface area contributed by atoms with Crippen molar-refractivity contribution in [3.8, 4) is 0 Å². The van der Waals surface area contributed by atoms with Crippen molar-refractivity contribution in [3.05, 3.63) is 48.0 Å². The summed E-state index contributed by atoms with van der Waals surface area (Å²) in [5, 5.41) is 0. The molecule has 1 atom stereocenters. The number of hydrogen-bond donors (Lipinski definition) is 1. The molecule has 7 nitrogen and oxygen atoms in total. The number of anilines is 2. The fourth-order valence-corrected chi connectivity index (χ4v) is 4.03. The van der Waals surface area contributed by atoms with Gasteiger partial charge in [0.05, 0.1) is 47.8 Å². The van der Waals surface area contributed by atoms with Crippen LogP contribution in [0.15, 0.2) is 36.7 Å². The Morgan fingerprint density at radius 1 is 1.35 bits per heavy atom. The highest BCUT2D eigenvalue weighted by Crippen LogP contribution is 2.39. The Labute approximate surface area is 150 Å². The number of H-pyrrole nitrogens is 1.